The molecule has 0 aliphatic heterocycles. The highest BCUT2D eigenvalue weighted by Crippen LogP contribution is 2.34. The van der Waals surface area contributed by atoms with Crippen LogP contribution in [0.15, 0.2) is 103 Å². The van der Waals surface area contributed by atoms with Gasteiger partial charge in [0.2, 0.25) is 0 Å². The van der Waals surface area contributed by atoms with Crippen molar-refractivity contribution in [3.05, 3.63) is 108 Å². The average Bonchev–Trinajstić information content (AvgIpc) is 3.86. The molecule has 0 radical (unpaired) electrons. The van der Waals surface area contributed by atoms with Gasteiger partial charge in [-0.05, 0) is 93.9 Å². The first-order valence-electron chi connectivity index (χ1n) is 16.0. The van der Waals surface area contributed by atoms with Crippen LogP contribution in [0.5, 0.6) is 11.5 Å². The van der Waals surface area contributed by atoms with Gasteiger partial charge in [-0.3, -0.25) is 4.90 Å². The lowest BCUT2D eigenvalue weighted by Crippen LogP contribution is -2.22. The summed E-state index contributed by atoms with van der Waals surface area (Å²) < 4.78 is 13.9. The van der Waals surface area contributed by atoms with Crippen LogP contribution in [-0.4, -0.2) is 67.5 Å². The molecule has 1 aliphatic carbocycles. The number of para-hydroxylation sites is 1. The van der Waals surface area contributed by atoms with Crippen LogP contribution in [0.2, 0.25) is 0 Å². The second-order valence-corrected chi connectivity index (χ2v) is 11.8. The molecule has 4 aromatic rings. The molecule has 0 amide bonds. The fraction of sp³-hybridized carbons (Fsp3) is 0.316. The molecule has 46 heavy (non-hydrogen) atoms. The van der Waals surface area contributed by atoms with E-state index in [4.69, 9.17) is 20.0 Å². The van der Waals surface area contributed by atoms with Gasteiger partial charge in [-0.15, -0.1) is 0 Å². The molecular weight excluding hydrogens is 572 g/mol. The Labute approximate surface area is 273 Å². The lowest BCUT2D eigenvalue weighted by molar-refractivity contribution is 0.165. The molecule has 8 nitrogen and oxygen atoms in total. The number of hydrogen-bond acceptors (Lipinski definition) is 7. The summed E-state index contributed by atoms with van der Waals surface area (Å²) in [5.74, 6) is 2.27. The second kappa shape index (κ2) is 15.6. The highest BCUT2D eigenvalue weighted by molar-refractivity contribution is 6.14. The number of anilines is 2. The first-order valence-corrected chi connectivity index (χ1v) is 16.0. The van der Waals surface area contributed by atoms with Crippen molar-refractivity contribution in [2.75, 3.05) is 51.2 Å². The first-order chi connectivity index (χ1) is 22.4. The monoisotopic (exact) mass is 618 g/mol. The molecule has 240 valence electrons. The van der Waals surface area contributed by atoms with Crippen molar-refractivity contribution in [3.63, 3.8) is 0 Å². The Balaban J connectivity index is 1.38. The molecule has 1 aromatic heterocycles. The molecule has 0 unspecified atom stereocenters. The van der Waals surface area contributed by atoms with Crippen molar-refractivity contribution in [2.24, 2.45) is 0 Å². The third-order valence-electron chi connectivity index (χ3n) is 8.19. The summed E-state index contributed by atoms with van der Waals surface area (Å²) in [6.07, 6.45) is 9.71. The summed E-state index contributed by atoms with van der Waals surface area (Å²) in [4.78, 5) is 4.47. The van der Waals surface area contributed by atoms with Gasteiger partial charge < -0.3 is 25.1 Å². The van der Waals surface area contributed by atoms with Gasteiger partial charge in [0.15, 0.2) is 0 Å². The molecule has 0 atom stereocenters. The van der Waals surface area contributed by atoms with Crippen LogP contribution in [0.25, 0.3) is 16.9 Å². The third kappa shape index (κ3) is 8.33. The Hall–Kier alpha value is -4.66. The number of benzene rings is 3. The number of rotatable bonds is 16. The standard InChI is InChI=1S/C38H46N6O2/c1-6-28(2)25-35(39)36-37(29-17-21-34(22-18-29)46-33-15-8-7-9-16-33)41-44(38(36)40-3)32-14-12-13-31(26-32)43(5)27-45-24-11-10-23-42(4)30-19-20-30/h7-18,21-22,25-26,30,39-40H,6,19-20,23-24,27H2,1-5H3. The summed E-state index contributed by atoms with van der Waals surface area (Å²) in [7, 11) is 6.08. The average molecular weight is 619 g/mol. The third-order valence-corrected chi connectivity index (χ3v) is 8.19. The molecule has 1 saturated carbocycles. The van der Waals surface area contributed by atoms with Crippen LogP contribution in [0.4, 0.5) is 11.5 Å². The molecular formula is C38H46N6O2. The van der Waals surface area contributed by atoms with Crippen molar-refractivity contribution in [2.45, 2.75) is 39.2 Å². The van der Waals surface area contributed by atoms with Gasteiger partial charge in [-0.2, -0.15) is 5.10 Å². The van der Waals surface area contributed by atoms with E-state index >= 15 is 0 Å². The molecule has 0 saturated heterocycles. The highest BCUT2D eigenvalue weighted by atomic mass is 16.5. The summed E-state index contributed by atoms with van der Waals surface area (Å²) in [6.45, 7) is 6.15. The predicted molar refractivity (Wildman–Crippen MR) is 190 cm³/mol. The van der Waals surface area contributed by atoms with Crippen LogP contribution >= 0.6 is 0 Å². The number of ether oxygens (including phenoxy) is 2. The van der Waals surface area contributed by atoms with Crippen molar-refractivity contribution in [3.8, 4) is 28.4 Å². The maximum atomic E-state index is 9.12. The van der Waals surface area contributed by atoms with Crippen LogP contribution in [-0.2, 0) is 4.74 Å². The Kier molecular flexibility index (Phi) is 11.1. The van der Waals surface area contributed by atoms with Gasteiger partial charge in [0.25, 0.3) is 0 Å². The van der Waals surface area contributed by atoms with E-state index in [2.05, 4.69) is 60.3 Å². The van der Waals surface area contributed by atoms with E-state index in [-0.39, 0.29) is 0 Å². The number of allylic oxidation sites excluding steroid dienone is 2. The van der Waals surface area contributed by atoms with E-state index in [9.17, 15) is 0 Å². The quantitative estimate of drug-likeness (QED) is 0.0571. The number of hydrogen-bond donors (Lipinski definition) is 2. The normalized spacial score (nSPS) is 13.4. The topological polar surface area (TPSA) is 78.6 Å². The zero-order valence-electron chi connectivity index (χ0n) is 27.7. The largest absolute Gasteiger partial charge is 0.457 e. The number of likely N-dealkylation sites (N-methyl/N-ethyl adjacent to an activating group) is 1. The number of aromatic nitrogens is 2. The van der Waals surface area contributed by atoms with Gasteiger partial charge in [0, 0.05) is 37.9 Å². The van der Waals surface area contributed by atoms with E-state index < -0.39 is 0 Å². The van der Waals surface area contributed by atoms with Crippen molar-refractivity contribution in [1.82, 2.24) is 14.7 Å². The molecule has 8 heteroatoms. The lowest BCUT2D eigenvalue weighted by atomic mass is 10.0. The highest BCUT2D eigenvalue weighted by Gasteiger charge is 2.25. The molecule has 5 rings (SSSR count). The second-order valence-electron chi connectivity index (χ2n) is 11.8. The number of nitrogens with zero attached hydrogens (tertiary/aromatic N) is 4. The van der Waals surface area contributed by atoms with Gasteiger partial charge in [0.1, 0.15) is 29.7 Å². The minimum atomic E-state index is 0.410. The van der Waals surface area contributed by atoms with Crippen LogP contribution in [0.3, 0.4) is 0 Å². The maximum absolute atomic E-state index is 9.12. The van der Waals surface area contributed by atoms with E-state index in [1.807, 2.05) is 91.6 Å². The smallest absolute Gasteiger partial charge is 0.139 e. The van der Waals surface area contributed by atoms with Gasteiger partial charge in [0.05, 0.1) is 23.6 Å². The van der Waals surface area contributed by atoms with Gasteiger partial charge in [-0.25, -0.2) is 4.68 Å². The minimum absolute atomic E-state index is 0.410. The molecule has 1 aliphatic rings. The summed E-state index contributed by atoms with van der Waals surface area (Å²) >= 11 is 0. The minimum Gasteiger partial charge on any atom is -0.457 e. The Morgan fingerprint density at radius 3 is 2.43 bits per heavy atom. The first kappa shape index (κ1) is 32.7. The zero-order valence-corrected chi connectivity index (χ0v) is 27.7. The molecule has 0 spiro atoms. The van der Waals surface area contributed by atoms with Crippen molar-refractivity contribution >= 4 is 17.2 Å². The lowest BCUT2D eigenvalue weighted by Gasteiger charge is -2.20. The zero-order chi connectivity index (χ0) is 32.5. The van der Waals surface area contributed by atoms with Gasteiger partial charge in [-0.1, -0.05) is 48.9 Å². The SMILES string of the molecule is CCC(C)=CC(=N)c1c(-c2ccc(Oc3ccccc3)cc2)nn(-c2cccc(N(C)COCC=CCN(C)C3CC3)c2)c1NC. The van der Waals surface area contributed by atoms with Gasteiger partial charge >= 0.3 is 0 Å². The Morgan fingerprint density at radius 1 is 1.00 bits per heavy atom. The number of nitrogens with one attached hydrogen (secondary N) is 2. The van der Waals surface area contributed by atoms with Crippen LogP contribution in [0.1, 0.15) is 38.7 Å². The summed E-state index contributed by atoms with van der Waals surface area (Å²) in [5.41, 5.74) is 5.80. The molecule has 0 bridgehead atoms. The summed E-state index contributed by atoms with van der Waals surface area (Å²) in [6, 6.07) is 26.6. The molecule has 3 aromatic carbocycles. The van der Waals surface area contributed by atoms with Crippen LogP contribution < -0.4 is 15.0 Å². The Bertz CT molecular complexity index is 1650. The molecule has 1 fully saturated rings. The van der Waals surface area contributed by atoms with E-state index in [0.717, 1.165) is 70.1 Å². The van der Waals surface area contributed by atoms with E-state index in [1.54, 1.807) is 0 Å². The van der Waals surface area contributed by atoms with E-state index in [0.29, 0.717) is 19.0 Å². The Morgan fingerprint density at radius 2 is 1.74 bits per heavy atom. The maximum Gasteiger partial charge on any atom is 0.139 e. The van der Waals surface area contributed by atoms with E-state index in [1.165, 1.54) is 12.8 Å². The van der Waals surface area contributed by atoms with Crippen molar-refractivity contribution < 1.29 is 9.47 Å². The molecule has 2 N–H and O–H groups in total. The predicted octanol–water partition coefficient (Wildman–Crippen LogP) is 8.16. The fourth-order valence-corrected chi connectivity index (χ4v) is 5.19. The van der Waals surface area contributed by atoms with Crippen molar-refractivity contribution in [1.29, 1.82) is 5.41 Å². The molecule has 1 heterocycles. The summed E-state index contributed by atoms with van der Waals surface area (Å²) in [5, 5.41) is 17.6. The fourth-order valence-electron chi connectivity index (χ4n) is 5.19. The van der Waals surface area contributed by atoms with Crippen LogP contribution in [0, 0.1) is 5.41 Å².